The molecule has 2 N–H and O–H groups in total. The summed E-state index contributed by atoms with van der Waals surface area (Å²) in [6, 6.07) is 5.46. The van der Waals surface area contributed by atoms with Crippen molar-refractivity contribution >= 4 is 5.96 Å². The maximum absolute atomic E-state index is 12.8. The molecule has 1 aromatic carbocycles. The number of hydrogen-bond donors (Lipinski definition) is 2. The summed E-state index contributed by atoms with van der Waals surface area (Å²) in [5.41, 5.74) is 0.0412. The van der Waals surface area contributed by atoms with Crippen LogP contribution >= 0.6 is 0 Å². The van der Waals surface area contributed by atoms with Crippen LogP contribution in [0.1, 0.15) is 49.0 Å². The Morgan fingerprint density at radius 2 is 2.07 bits per heavy atom. The highest BCUT2D eigenvalue weighted by Crippen LogP contribution is 2.31. The number of hydrogen-bond acceptors (Lipinski definition) is 4. The highest BCUT2D eigenvalue weighted by molar-refractivity contribution is 5.79. The summed E-state index contributed by atoms with van der Waals surface area (Å²) in [7, 11) is 0. The molecule has 27 heavy (non-hydrogen) atoms. The van der Waals surface area contributed by atoms with Gasteiger partial charge in [0.2, 0.25) is 5.89 Å². The number of nitrogens with one attached hydrogen (secondary N) is 2. The average molecular weight is 383 g/mol. The van der Waals surface area contributed by atoms with Gasteiger partial charge in [-0.25, -0.2) is 4.99 Å². The van der Waals surface area contributed by atoms with Crippen molar-refractivity contribution in [2.45, 2.75) is 45.8 Å². The van der Waals surface area contributed by atoms with Crippen LogP contribution in [-0.2, 0) is 12.7 Å². The molecule has 0 aliphatic heterocycles. The number of aryl methyl sites for hydroxylation is 1. The van der Waals surface area contributed by atoms with Crippen LogP contribution in [0.2, 0.25) is 0 Å². The SMILES string of the molecule is CCNC(=NCc1nc(C)no1)NCCC(C)c1cccc(C(F)(F)F)c1. The Kier molecular flexibility index (Phi) is 7.20. The van der Waals surface area contributed by atoms with Gasteiger partial charge < -0.3 is 15.2 Å². The van der Waals surface area contributed by atoms with Crippen LogP contribution in [0.5, 0.6) is 0 Å². The van der Waals surface area contributed by atoms with Gasteiger partial charge in [-0.05, 0) is 37.8 Å². The van der Waals surface area contributed by atoms with Gasteiger partial charge in [-0.2, -0.15) is 18.2 Å². The number of nitrogens with zero attached hydrogens (tertiary/aromatic N) is 3. The molecule has 148 valence electrons. The molecule has 1 aromatic heterocycles. The van der Waals surface area contributed by atoms with Crippen LogP contribution in [0.3, 0.4) is 0 Å². The summed E-state index contributed by atoms with van der Waals surface area (Å²) in [6.07, 6.45) is -3.67. The van der Waals surface area contributed by atoms with E-state index in [1.54, 1.807) is 13.0 Å². The maximum Gasteiger partial charge on any atom is 0.416 e. The molecule has 2 aromatic rings. The number of alkyl halides is 3. The molecular formula is C18H24F3N5O. The summed E-state index contributed by atoms with van der Waals surface area (Å²) in [6.45, 7) is 7.07. The van der Waals surface area contributed by atoms with E-state index in [4.69, 9.17) is 4.52 Å². The van der Waals surface area contributed by atoms with Crippen LogP contribution in [-0.4, -0.2) is 29.2 Å². The molecule has 0 spiro atoms. The van der Waals surface area contributed by atoms with Crippen molar-refractivity contribution in [1.29, 1.82) is 0 Å². The summed E-state index contributed by atoms with van der Waals surface area (Å²) in [4.78, 5) is 8.45. The zero-order valence-electron chi connectivity index (χ0n) is 15.6. The molecule has 6 nitrogen and oxygen atoms in total. The van der Waals surface area contributed by atoms with E-state index >= 15 is 0 Å². The van der Waals surface area contributed by atoms with Crippen molar-refractivity contribution in [3.8, 4) is 0 Å². The molecule has 0 bridgehead atoms. The predicted molar refractivity (Wildman–Crippen MR) is 96.3 cm³/mol. The number of rotatable bonds is 7. The molecule has 2 rings (SSSR count). The molecule has 0 saturated carbocycles. The Morgan fingerprint density at radius 3 is 2.70 bits per heavy atom. The largest absolute Gasteiger partial charge is 0.416 e. The third-order valence-corrected chi connectivity index (χ3v) is 3.94. The Morgan fingerprint density at radius 1 is 1.30 bits per heavy atom. The van der Waals surface area contributed by atoms with E-state index in [1.165, 1.54) is 12.1 Å². The Hall–Kier alpha value is -2.58. The van der Waals surface area contributed by atoms with Crippen molar-refractivity contribution in [3.63, 3.8) is 0 Å². The van der Waals surface area contributed by atoms with Gasteiger partial charge in [-0.1, -0.05) is 30.3 Å². The Bertz CT molecular complexity index is 757. The minimum absolute atomic E-state index is 0.0266. The first-order valence-electron chi connectivity index (χ1n) is 8.78. The van der Waals surface area contributed by atoms with Gasteiger partial charge in [0, 0.05) is 13.1 Å². The predicted octanol–water partition coefficient (Wildman–Crippen LogP) is 3.65. The first kappa shape index (κ1) is 20.7. The van der Waals surface area contributed by atoms with Crippen molar-refractivity contribution in [2.75, 3.05) is 13.1 Å². The maximum atomic E-state index is 12.8. The summed E-state index contributed by atoms with van der Waals surface area (Å²) in [5.74, 6) is 1.53. The van der Waals surface area contributed by atoms with E-state index in [2.05, 4.69) is 25.8 Å². The zero-order chi connectivity index (χ0) is 19.9. The molecule has 1 unspecified atom stereocenters. The topological polar surface area (TPSA) is 75.3 Å². The van der Waals surface area contributed by atoms with Gasteiger partial charge in [0.05, 0.1) is 5.56 Å². The standard InChI is InChI=1S/C18H24F3N5O/c1-4-22-17(24-11-16-25-13(3)26-27-16)23-9-8-12(2)14-6-5-7-15(10-14)18(19,20)21/h5-7,10,12H,4,8-9,11H2,1-3H3,(H2,22,23,24). The second-order valence-electron chi connectivity index (χ2n) is 6.17. The van der Waals surface area contributed by atoms with E-state index in [0.717, 1.165) is 6.07 Å². The lowest BCUT2D eigenvalue weighted by atomic mass is 9.96. The molecule has 1 heterocycles. The highest BCUT2D eigenvalue weighted by Gasteiger charge is 2.30. The fourth-order valence-corrected chi connectivity index (χ4v) is 2.49. The number of benzene rings is 1. The monoisotopic (exact) mass is 383 g/mol. The second-order valence-corrected chi connectivity index (χ2v) is 6.17. The summed E-state index contributed by atoms with van der Waals surface area (Å²) < 4.78 is 43.6. The van der Waals surface area contributed by atoms with Crippen LogP contribution in [0.15, 0.2) is 33.8 Å². The molecule has 0 aliphatic rings. The zero-order valence-corrected chi connectivity index (χ0v) is 15.6. The fourth-order valence-electron chi connectivity index (χ4n) is 2.49. The Labute approximate surface area is 156 Å². The summed E-state index contributed by atoms with van der Waals surface area (Å²) >= 11 is 0. The van der Waals surface area contributed by atoms with Crippen LogP contribution < -0.4 is 10.6 Å². The highest BCUT2D eigenvalue weighted by atomic mass is 19.4. The van der Waals surface area contributed by atoms with Crippen LogP contribution in [0.4, 0.5) is 13.2 Å². The first-order chi connectivity index (χ1) is 12.8. The second kappa shape index (κ2) is 9.38. The third-order valence-electron chi connectivity index (χ3n) is 3.94. The summed E-state index contributed by atoms with van der Waals surface area (Å²) in [5, 5.41) is 9.98. The fraction of sp³-hybridized carbons (Fsp3) is 0.500. The van der Waals surface area contributed by atoms with Gasteiger partial charge in [-0.15, -0.1) is 0 Å². The van der Waals surface area contributed by atoms with E-state index in [-0.39, 0.29) is 12.5 Å². The van der Waals surface area contributed by atoms with Gasteiger partial charge in [0.1, 0.15) is 6.54 Å². The van der Waals surface area contributed by atoms with Gasteiger partial charge >= 0.3 is 6.18 Å². The molecular weight excluding hydrogens is 359 g/mol. The minimum atomic E-state index is -4.33. The van der Waals surface area contributed by atoms with Crippen molar-refractivity contribution < 1.29 is 17.7 Å². The van der Waals surface area contributed by atoms with E-state index in [0.29, 0.717) is 42.7 Å². The lowest BCUT2D eigenvalue weighted by Crippen LogP contribution is -2.38. The molecule has 0 radical (unpaired) electrons. The number of aliphatic imine (C=N–C) groups is 1. The van der Waals surface area contributed by atoms with Gasteiger partial charge in [0.25, 0.3) is 0 Å². The molecule has 0 saturated heterocycles. The van der Waals surface area contributed by atoms with Crippen LogP contribution in [0, 0.1) is 6.92 Å². The van der Waals surface area contributed by atoms with E-state index < -0.39 is 11.7 Å². The van der Waals surface area contributed by atoms with Crippen molar-refractivity contribution in [2.24, 2.45) is 4.99 Å². The smallest absolute Gasteiger partial charge is 0.357 e. The first-order valence-corrected chi connectivity index (χ1v) is 8.78. The average Bonchev–Trinajstić information content (AvgIpc) is 3.04. The quantitative estimate of drug-likeness (QED) is 0.564. The van der Waals surface area contributed by atoms with Crippen molar-refractivity contribution in [3.05, 3.63) is 47.1 Å². The lowest BCUT2D eigenvalue weighted by Gasteiger charge is -2.16. The molecule has 9 heteroatoms. The van der Waals surface area contributed by atoms with E-state index in [1.807, 2.05) is 13.8 Å². The third kappa shape index (κ3) is 6.58. The Balaban J connectivity index is 1.90. The van der Waals surface area contributed by atoms with Gasteiger partial charge in [-0.3, -0.25) is 0 Å². The number of halogens is 3. The molecule has 0 fully saturated rings. The van der Waals surface area contributed by atoms with Crippen molar-refractivity contribution in [1.82, 2.24) is 20.8 Å². The van der Waals surface area contributed by atoms with Crippen LogP contribution in [0.25, 0.3) is 0 Å². The molecule has 1 atom stereocenters. The number of guanidine groups is 1. The molecule has 0 aliphatic carbocycles. The minimum Gasteiger partial charge on any atom is -0.357 e. The normalized spacial score (nSPS) is 13.5. The number of aromatic nitrogens is 2. The lowest BCUT2D eigenvalue weighted by molar-refractivity contribution is -0.137. The van der Waals surface area contributed by atoms with E-state index in [9.17, 15) is 13.2 Å². The van der Waals surface area contributed by atoms with Gasteiger partial charge in [0.15, 0.2) is 11.8 Å². The molecule has 0 amide bonds.